The third kappa shape index (κ3) is 4.10. The lowest BCUT2D eigenvalue weighted by molar-refractivity contribution is -0.145. The number of furan rings is 1. The first-order valence-corrected chi connectivity index (χ1v) is 9.72. The molecule has 10 nitrogen and oxygen atoms in total. The molecule has 3 aromatic rings. The van der Waals surface area contributed by atoms with Gasteiger partial charge < -0.3 is 9.15 Å². The Balaban J connectivity index is 1.58. The van der Waals surface area contributed by atoms with Crippen molar-refractivity contribution in [1.29, 1.82) is 0 Å². The van der Waals surface area contributed by atoms with Crippen LogP contribution in [0.5, 0.6) is 0 Å². The summed E-state index contributed by atoms with van der Waals surface area (Å²) in [7, 11) is -0.923. The Bertz CT molecular complexity index is 1170. The van der Waals surface area contributed by atoms with Crippen LogP contribution in [0.4, 0.5) is 0 Å². The van der Waals surface area contributed by atoms with Crippen molar-refractivity contribution in [3.05, 3.63) is 52.5 Å². The van der Waals surface area contributed by atoms with E-state index in [4.69, 9.17) is 9.15 Å². The maximum Gasteiger partial charge on any atom is 0.308 e. The van der Waals surface area contributed by atoms with E-state index in [0.717, 1.165) is 8.99 Å². The van der Waals surface area contributed by atoms with Gasteiger partial charge in [-0.05, 0) is 24.3 Å². The van der Waals surface area contributed by atoms with Gasteiger partial charge in [-0.25, -0.2) is 17.4 Å². The lowest BCUT2D eigenvalue weighted by Gasteiger charge is -2.08. The zero-order valence-corrected chi connectivity index (χ0v) is 16.0. The first-order chi connectivity index (χ1) is 13.3. The van der Waals surface area contributed by atoms with Crippen molar-refractivity contribution in [1.82, 2.24) is 19.3 Å². The Morgan fingerprint density at radius 3 is 2.71 bits per heavy atom. The monoisotopic (exact) mass is 406 g/mol. The van der Waals surface area contributed by atoms with Crippen LogP contribution in [0.3, 0.4) is 0 Å². The van der Waals surface area contributed by atoms with E-state index >= 15 is 0 Å². The van der Waals surface area contributed by atoms with Gasteiger partial charge >= 0.3 is 5.97 Å². The number of fused-ring (bicyclic) bond motifs is 1. The van der Waals surface area contributed by atoms with Gasteiger partial charge in [0.2, 0.25) is 5.09 Å². The summed E-state index contributed by atoms with van der Waals surface area (Å²) in [5.74, 6) is -0.397. The van der Waals surface area contributed by atoms with Gasteiger partial charge in [-0.3, -0.25) is 9.59 Å². The van der Waals surface area contributed by atoms with Crippen LogP contribution in [-0.2, 0) is 32.7 Å². The Kier molecular flexibility index (Phi) is 5.56. The Morgan fingerprint density at radius 1 is 1.21 bits per heavy atom. The number of aromatic nitrogens is 3. The molecule has 0 radical (unpaired) electrons. The van der Waals surface area contributed by atoms with Gasteiger partial charge in [-0.15, -0.1) is 5.10 Å². The van der Waals surface area contributed by atoms with Gasteiger partial charge in [0.05, 0.1) is 18.4 Å². The second-order valence-corrected chi connectivity index (χ2v) is 8.14. The molecule has 2 aromatic heterocycles. The minimum absolute atomic E-state index is 0.00785. The predicted molar refractivity (Wildman–Crippen MR) is 97.8 cm³/mol. The summed E-state index contributed by atoms with van der Waals surface area (Å²) in [6.07, 6.45) is -0.101. The fraction of sp³-hybridized carbons (Fsp3) is 0.294. The van der Waals surface area contributed by atoms with E-state index in [-0.39, 0.29) is 36.0 Å². The number of ether oxygens (including phenoxy) is 1. The highest BCUT2D eigenvalue weighted by molar-refractivity contribution is 7.88. The Morgan fingerprint density at radius 2 is 1.96 bits per heavy atom. The number of nitrogens with zero attached hydrogens (tertiary/aromatic N) is 4. The number of hydrogen-bond acceptors (Lipinski definition) is 8. The van der Waals surface area contributed by atoms with E-state index in [9.17, 15) is 18.0 Å². The highest BCUT2D eigenvalue weighted by Gasteiger charge is 2.21. The van der Waals surface area contributed by atoms with Crippen molar-refractivity contribution in [3.63, 3.8) is 0 Å². The number of carbonyl (C=O) groups excluding carboxylic acids is 1. The van der Waals surface area contributed by atoms with Crippen LogP contribution in [0.15, 0.2) is 50.7 Å². The molecule has 2 heterocycles. The molecule has 0 saturated carbocycles. The van der Waals surface area contributed by atoms with Crippen molar-refractivity contribution in [2.24, 2.45) is 0 Å². The Hall–Kier alpha value is -3.05. The topological polar surface area (TPSA) is 125 Å². The molecule has 0 amide bonds. The van der Waals surface area contributed by atoms with E-state index in [1.807, 2.05) is 0 Å². The molecular formula is C17H18N4O6S. The number of carbonyl (C=O) groups is 1. The molecule has 0 spiro atoms. The van der Waals surface area contributed by atoms with E-state index < -0.39 is 16.0 Å². The number of rotatable bonds is 7. The van der Waals surface area contributed by atoms with Crippen LogP contribution >= 0.6 is 0 Å². The average Bonchev–Trinajstić information content (AvgIpc) is 3.16. The molecule has 0 fully saturated rings. The minimum Gasteiger partial charge on any atom is -0.457 e. The van der Waals surface area contributed by atoms with Crippen molar-refractivity contribution < 1.29 is 22.4 Å². The zero-order valence-electron chi connectivity index (χ0n) is 15.2. The van der Waals surface area contributed by atoms with E-state index in [0.29, 0.717) is 10.9 Å². The van der Waals surface area contributed by atoms with Crippen molar-refractivity contribution in [3.8, 4) is 0 Å². The largest absolute Gasteiger partial charge is 0.457 e. The van der Waals surface area contributed by atoms with Gasteiger partial charge in [-0.1, -0.05) is 17.3 Å². The highest BCUT2D eigenvalue weighted by Crippen LogP contribution is 2.17. The van der Waals surface area contributed by atoms with Gasteiger partial charge in [0, 0.05) is 14.1 Å². The van der Waals surface area contributed by atoms with Crippen molar-refractivity contribution >= 4 is 26.9 Å². The average molecular weight is 406 g/mol. The number of hydrogen-bond donors (Lipinski definition) is 0. The zero-order chi connectivity index (χ0) is 20.3. The summed E-state index contributed by atoms with van der Waals surface area (Å²) in [6.45, 7) is -0.214. The molecule has 1 aromatic carbocycles. The van der Waals surface area contributed by atoms with Gasteiger partial charge in [0.15, 0.2) is 0 Å². The summed E-state index contributed by atoms with van der Waals surface area (Å²) in [5, 5.41) is 7.92. The highest BCUT2D eigenvalue weighted by atomic mass is 32.2. The van der Waals surface area contributed by atoms with Crippen LogP contribution < -0.4 is 5.56 Å². The molecule has 148 valence electrons. The number of aryl methyl sites for hydroxylation is 1. The standard InChI is InChI=1S/C17H18N4O6S/c1-20(2)28(24,25)16-8-7-12(27-16)11-26-15(22)9-10-21-17(23)13-5-3-4-6-14(13)18-19-21/h3-8H,9-11H2,1-2H3. The lowest BCUT2D eigenvalue weighted by atomic mass is 10.2. The number of benzene rings is 1. The summed E-state index contributed by atoms with van der Waals surface area (Å²) in [6, 6.07) is 9.50. The molecule has 0 aliphatic heterocycles. The smallest absolute Gasteiger partial charge is 0.308 e. The van der Waals surface area contributed by atoms with Crippen LogP contribution in [0, 0.1) is 0 Å². The molecule has 0 bridgehead atoms. The number of sulfonamides is 1. The van der Waals surface area contributed by atoms with E-state index in [2.05, 4.69) is 10.3 Å². The first-order valence-electron chi connectivity index (χ1n) is 8.28. The molecule has 0 unspecified atom stereocenters. The van der Waals surface area contributed by atoms with E-state index in [1.54, 1.807) is 24.3 Å². The van der Waals surface area contributed by atoms with E-state index in [1.165, 1.54) is 26.2 Å². The summed E-state index contributed by atoms with van der Waals surface area (Å²) < 4.78 is 36.3. The van der Waals surface area contributed by atoms with Crippen molar-refractivity contribution in [2.75, 3.05) is 14.1 Å². The SMILES string of the molecule is CN(C)S(=O)(=O)c1ccc(COC(=O)CCn2nnc3ccccc3c2=O)o1. The molecule has 0 N–H and O–H groups in total. The van der Waals surface area contributed by atoms with Crippen LogP contribution in [0.1, 0.15) is 12.2 Å². The maximum absolute atomic E-state index is 12.3. The molecule has 0 atom stereocenters. The molecule has 0 aliphatic rings. The molecule has 0 aliphatic carbocycles. The number of esters is 1. The summed E-state index contributed by atoms with van der Waals surface area (Å²) in [5.41, 5.74) is 0.135. The first kappa shape index (κ1) is 19.7. The maximum atomic E-state index is 12.3. The normalized spacial score (nSPS) is 11.8. The molecule has 11 heteroatoms. The molecule has 3 rings (SSSR count). The Labute approximate surface area is 160 Å². The summed E-state index contributed by atoms with van der Waals surface area (Å²) >= 11 is 0. The minimum atomic E-state index is -3.69. The fourth-order valence-electron chi connectivity index (χ4n) is 2.35. The van der Waals surface area contributed by atoms with Crippen molar-refractivity contribution in [2.45, 2.75) is 24.7 Å². The molecule has 0 saturated heterocycles. The lowest BCUT2D eigenvalue weighted by Crippen LogP contribution is -2.25. The van der Waals surface area contributed by atoms with Gasteiger partial charge in [-0.2, -0.15) is 0 Å². The second-order valence-electron chi connectivity index (χ2n) is 6.05. The fourth-order valence-corrected chi connectivity index (χ4v) is 3.16. The third-order valence-corrected chi connectivity index (χ3v) is 5.59. The molecular weight excluding hydrogens is 388 g/mol. The predicted octanol–water partition coefficient (Wildman–Crippen LogP) is 0.768. The summed E-state index contributed by atoms with van der Waals surface area (Å²) in [4.78, 5) is 24.2. The second kappa shape index (κ2) is 7.90. The van der Waals surface area contributed by atoms with Crippen LogP contribution in [0.25, 0.3) is 10.9 Å². The quantitative estimate of drug-likeness (QED) is 0.527. The van der Waals surface area contributed by atoms with Gasteiger partial charge in [0.25, 0.3) is 15.6 Å². The van der Waals surface area contributed by atoms with Gasteiger partial charge in [0.1, 0.15) is 17.9 Å². The van der Waals surface area contributed by atoms with Crippen LogP contribution in [0.2, 0.25) is 0 Å². The molecule has 28 heavy (non-hydrogen) atoms. The third-order valence-electron chi connectivity index (χ3n) is 3.90. The van der Waals surface area contributed by atoms with Crippen LogP contribution in [-0.4, -0.2) is 47.8 Å².